The first kappa shape index (κ1) is 19.2. The Labute approximate surface area is 173 Å². The SMILES string of the molecule is Cc1ccc(CNc2cc(C)nc(N3CCN(c4cccc(C)c4)CC3)n2)cc1. The van der Waals surface area contributed by atoms with Gasteiger partial charge in [0.1, 0.15) is 5.82 Å². The van der Waals surface area contributed by atoms with Crippen molar-refractivity contribution in [2.45, 2.75) is 27.3 Å². The molecule has 1 fully saturated rings. The number of benzene rings is 2. The molecule has 2 heterocycles. The third-order valence-electron chi connectivity index (χ3n) is 5.37. The summed E-state index contributed by atoms with van der Waals surface area (Å²) in [4.78, 5) is 14.2. The van der Waals surface area contributed by atoms with Crippen molar-refractivity contribution in [1.82, 2.24) is 9.97 Å². The Morgan fingerprint density at radius 2 is 1.52 bits per heavy atom. The van der Waals surface area contributed by atoms with Gasteiger partial charge in [0.25, 0.3) is 0 Å². The lowest BCUT2D eigenvalue weighted by Crippen LogP contribution is -2.47. The average Bonchev–Trinajstić information content (AvgIpc) is 2.73. The molecule has 0 unspecified atom stereocenters. The molecule has 29 heavy (non-hydrogen) atoms. The van der Waals surface area contributed by atoms with Gasteiger partial charge in [-0.25, -0.2) is 4.98 Å². The van der Waals surface area contributed by atoms with Crippen LogP contribution in [-0.4, -0.2) is 36.1 Å². The smallest absolute Gasteiger partial charge is 0.227 e. The highest BCUT2D eigenvalue weighted by Gasteiger charge is 2.20. The quantitative estimate of drug-likeness (QED) is 0.705. The molecule has 0 saturated carbocycles. The zero-order chi connectivity index (χ0) is 20.2. The summed E-state index contributed by atoms with van der Waals surface area (Å²) in [5.74, 6) is 1.70. The van der Waals surface area contributed by atoms with E-state index in [1.54, 1.807) is 0 Å². The van der Waals surface area contributed by atoms with Crippen LogP contribution in [0.5, 0.6) is 0 Å². The maximum absolute atomic E-state index is 4.79. The summed E-state index contributed by atoms with van der Waals surface area (Å²) in [5.41, 5.74) is 6.12. The molecule has 1 saturated heterocycles. The summed E-state index contributed by atoms with van der Waals surface area (Å²) < 4.78 is 0. The van der Waals surface area contributed by atoms with Crippen molar-refractivity contribution in [3.05, 3.63) is 77.0 Å². The minimum atomic E-state index is 0.761. The largest absolute Gasteiger partial charge is 0.368 e. The number of piperazine rings is 1. The number of nitrogens with one attached hydrogen (secondary N) is 1. The van der Waals surface area contributed by atoms with E-state index in [2.05, 4.69) is 77.5 Å². The molecule has 1 aromatic heterocycles. The van der Waals surface area contributed by atoms with Gasteiger partial charge in [0.15, 0.2) is 0 Å². The molecule has 1 N–H and O–H groups in total. The Morgan fingerprint density at radius 1 is 0.793 bits per heavy atom. The molecule has 0 bridgehead atoms. The number of aryl methyl sites for hydroxylation is 3. The van der Waals surface area contributed by atoms with E-state index in [1.165, 1.54) is 22.4 Å². The van der Waals surface area contributed by atoms with Crippen LogP contribution in [0, 0.1) is 20.8 Å². The monoisotopic (exact) mass is 387 g/mol. The average molecular weight is 388 g/mol. The van der Waals surface area contributed by atoms with Crippen LogP contribution in [0.15, 0.2) is 54.6 Å². The number of rotatable bonds is 5. The third kappa shape index (κ3) is 4.86. The van der Waals surface area contributed by atoms with Gasteiger partial charge in [-0.05, 0) is 44.0 Å². The topological polar surface area (TPSA) is 44.3 Å². The van der Waals surface area contributed by atoms with E-state index in [1.807, 2.05) is 13.0 Å². The van der Waals surface area contributed by atoms with E-state index in [0.717, 1.165) is 50.2 Å². The van der Waals surface area contributed by atoms with Gasteiger partial charge < -0.3 is 15.1 Å². The van der Waals surface area contributed by atoms with Crippen molar-refractivity contribution < 1.29 is 0 Å². The summed E-state index contributed by atoms with van der Waals surface area (Å²) in [6.07, 6.45) is 0. The predicted molar refractivity (Wildman–Crippen MR) is 121 cm³/mol. The van der Waals surface area contributed by atoms with Crippen LogP contribution in [0.25, 0.3) is 0 Å². The first-order chi connectivity index (χ1) is 14.1. The van der Waals surface area contributed by atoms with Crippen molar-refractivity contribution in [3.8, 4) is 0 Å². The highest BCUT2D eigenvalue weighted by molar-refractivity contribution is 5.51. The molecule has 1 aliphatic heterocycles. The summed E-state index contributed by atoms with van der Waals surface area (Å²) in [6.45, 7) is 10.9. The molecule has 3 aromatic rings. The molecule has 0 radical (unpaired) electrons. The molecule has 2 aromatic carbocycles. The number of nitrogens with zero attached hydrogens (tertiary/aromatic N) is 4. The minimum Gasteiger partial charge on any atom is -0.368 e. The Balaban J connectivity index is 1.40. The van der Waals surface area contributed by atoms with E-state index < -0.39 is 0 Å². The lowest BCUT2D eigenvalue weighted by Gasteiger charge is -2.36. The highest BCUT2D eigenvalue weighted by Crippen LogP contribution is 2.21. The fraction of sp³-hybridized carbons (Fsp3) is 0.333. The van der Waals surface area contributed by atoms with Gasteiger partial charge in [-0.1, -0.05) is 42.0 Å². The summed E-state index contributed by atoms with van der Waals surface area (Å²) in [5, 5.41) is 3.45. The Kier molecular flexibility index (Phi) is 5.65. The second kappa shape index (κ2) is 8.52. The Morgan fingerprint density at radius 3 is 2.24 bits per heavy atom. The van der Waals surface area contributed by atoms with E-state index in [-0.39, 0.29) is 0 Å². The molecule has 0 spiro atoms. The number of hydrogen-bond donors (Lipinski definition) is 1. The molecular weight excluding hydrogens is 358 g/mol. The fourth-order valence-corrected chi connectivity index (χ4v) is 3.67. The van der Waals surface area contributed by atoms with Gasteiger partial charge in [0, 0.05) is 50.2 Å². The van der Waals surface area contributed by atoms with Crippen LogP contribution in [-0.2, 0) is 6.54 Å². The minimum absolute atomic E-state index is 0.761. The molecule has 0 aliphatic carbocycles. The van der Waals surface area contributed by atoms with Crippen molar-refractivity contribution in [1.29, 1.82) is 0 Å². The van der Waals surface area contributed by atoms with Crippen LogP contribution >= 0.6 is 0 Å². The van der Waals surface area contributed by atoms with Gasteiger partial charge in [-0.15, -0.1) is 0 Å². The van der Waals surface area contributed by atoms with Gasteiger partial charge in [0.05, 0.1) is 0 Å². The molecule has 5 heteroatoms. The molecule has 5 nitrogen and oxygen atoms in total. The van der Waals surface area contributed by atoms with E-state index >= 15 is 0 Å². The second-order valence-electron chi connectivity index (χ2n) is 7.85. The zero-order valence-electron chi connectivity index (χ0n) is 17.5. The van der Waals surface area contributed by atoms with Gasteiger partial charge in [0.2, 0.25) is 5.95 Å². The van der Waals surface area contributed by atoms with Crippen LogP contribution in [0.4, 0.5) is 17.5 Å². The molecule has 0 amide bonds. The summed E-state index contributed by atoms with van der Waals surface area (Å²) >= 11 is 0. The first-order valence-corrected chi connectivity index (χ1v) is 10.3. The first-order valence-electron chi connectivity index (χ1n) is 10.3. The van der Waals surface area contributed by atoms with Crippen LogP contribution in [0.2, 0.25) is 0 Å². The normalized spacial score (nSPS) is 14.2. The third-order valence-corrected chi connectivity index (χ3v) is 5.37. The van der Waals surface area contributed by atoms with Gasteiger partial charge in [-0.3, -0.25) is 0 Å². The number of hydrogen-bond acceptors (Lipinski definition) is 5. The van der Waals surface area contributed by atoms with E-state index in [4.69, 9.17) is 9.97 Å². The number of anilines is 3. The van der Waals surface area contributed by atoms with Gasteiger partial charge in [-0.2, -0.15) is 4.98 Å². The lowest BCUT2D eigenvalue weighted by atomic mass is 10.1. The number of aromatic nitrogens is 2. The predicted octanol–water partition coefficient (Wildman–Crippen LogP) is 4.34. The highest BCUT2D eigenvalue weighted by atomic mass is 15.3. The van der Waals surface area contributed by atoms with Gasteiger partial charge >= 0.3 is 0 Å². The lowest BCUT2D eigenvalue weighted by molar-refractivity contribution is 0.639. The maximum Gasteiger partial charge on any atom is 0.227 e. The maximum atomic E-state index is 4.79. The molecule has 0 atom stereocenters. The van der Waals surface area contributed by atoms with Crippen LogP contribution < -0.4 is 15.1 Å². The Hall–Kier alpha value is -3.08. The van der Waals surface area contributed by atoms with E-state index in [0.29, 0.717) is 0 Å². The van der Waals surface area contributed by atoms with E-state index in [9.17, 15) is 0 Å². The molecular formula is C24H29N5. The van der Waals surface area contributed by atoms with Crippen molar-refractivity contribution in [2.75, 3.05) is 41.3 Å². The van der Waals surface area contributed by atoms with Crippen molar-refractivity contribution in [2.24, 2.45) is 0 Å². The molecule has 150 valence electrons. The molecule has 4 rings (SSSR count). The van der Waals surface area contributed by atoms with Crippen molar-refractivity contribution in [3.63, 3.8) is 0 Å². The Bertz CT molecular complexity index is 959. The van der Waals surface area contributed by atoms with Crippen LogP contribution in [0.3, 0.4) is 0 Å². The molecule has 1 aliphatic rings. The summed E-state index contributed by atoms with van der Waals surface area (Å²) in [7, 11) is 0. The second-order valence-corrected chi connectivity index (χ2v) is 7.85. The fourth-order valence-electron chi connectivity index (χ4n) is 3.67. The summed E-state index contributed by atoms with van der Waals surface area (Å²) in [6, 6.07) is 19.3. The van der Waals surface area contributed by atoms with Crippen LogP contribution in [0.1, 0.15) is 22.4 Å². The standard InChI is InChI=1S/C24H29N5/c1-18-7-9-21(10-8-18)17-25-23-16-20(3)26-24(27-23)29-13-11-28(12-14-29)22-6-4-5-19(2)15-22/h4-10,15-16H,11-14,17H2,1-3H3,(H,25,26,27). The van der Waals surface area contributed by atoms with Crippen molar-refractivity contribution >= 4 is 17.5 Å². The zero-order valence-corrected chi connectivity index (χ0v) is 17.5.